The third-order valence-corrected chi connectivity index (χ3v) is 3.46. The summed E-state index contributed by atoms with van der Waals surface area (Å²) in [4.78, 5) is 13.9. The molecule has 0 spiro atoms. The fourth-order valence-electron chi connectivity index (χ4n) is 2.30. The van der Waals surface area contributed by atoms with Crippen LogP contribution in [0.3, 0.4) is 0 Å². The van der Waals surface area contributed by atoms with Crippen LogP contribution in [0.2, 0.25) is 0 Å². The summed E-state index contributed by atoms with van der Waals surface area (Å²) in [6.45, 7) is 4.81. The van der Waals surface area contributed by atoms with Crippen molar-refractivity contribution >= 4 is 11.9 Å². The van der Waals surface area contributed by atoms with Crippen molar-refractivity contribution in [1.82, 2.24) is 25.1 Å². The van der Waals surface area contributed by atoms with Crippen molar-refractivity contribution in [2.75, 3.05) is 19.4 Å². The van der Waals surface area contributed by atoms with E-state index < -0.39 is 0 Å². The van der Waals surface area contributed by atoms with Crippen molar-refractivity contribution in [3.63, 3.8) is 0 Å². The van der Waals surface area contributed by atoms with Gasteiger partial charge in [0.05, 0.1) is 5.60 Å². The van der Waals surface area contributed by atoms with E-state index in [-0.39, 0.29) is 30.0 Å². The van der Waals surface area contributed by atoms with Gasteiger partial charge in [0.2, 0.25) is 11.9 Å². The van der Waals surface area contributed by atoms with E-state index in [1.165, 1.54) is 4.68 Å². The van der Waals surface area contributed by atoms with E-state index in [2.05, 4.69) is 15.5 Å². The Morgan fingerprint density at radius 3 is 2.95 bits per heavy atom. The highest BCUT2D eigenvalue weighted by Gasteiger charge is 2.32. The summed E-state index contributed by atoms with van der Waals surface area (Å²) >= 11 is 0. The number of tetrazole rings is 1. The maximum absolute atomic E-state index is 12.2. The Balaban J connectivity index is 1.97. The highest BCUT2D eigenvalue weighted by molar-refractivity contribution is 5.76. The van der Waals surface area contributed by atoms with E-state index in [9.17, 15) is 4.79 Å². The first kappa shape index (κ1) is 13.7. The molecule has 0 bridgehead atoms. The summed E-state index contributed by atoms with van der Waals surface area (Å²) in [7, 11) is 1.80. The fraction of sp³-hybridized carbons (Fsp3) is 0.818. The second-order valence-electron chi connectivity index (χ2n) is 5.45. The Morgan fingerprint density at radius 2 is 2.37 bits per heavy atom. The molecule has 1 atom stereocenters. The van der Waals surface area contributed by atoms with E-state index in [0.29, 0.717) is 6.61 Å². The molecule has 1 unspecified atom stereocenters. The summed E-state index contributed by atoms with van der Waals surface area (Å²) in [5.74, 6) is 0.0933. The molecule has 1 fully saturated rings. The lowest BCUT2D eigenvalue weighted by atomic mass is 9.93. The summed E-state index contributed by atoms with van der Waals surface area (Å²) in [6.07, 6.45) is 1.66. The molecule has 1 aliphatic heterocycles. The first-order chi connectivity index (χ1) is 8.89. The van der Waals surface area contributed by atoms with E-state index in [1.807, 2.05) is 13.8 Å². The number of nitrogens with two attached hydrogens (primary N) is 1. The van der Waals surface area contributed by atoms with Crippen molar-refractivity contribution in [2.45, 2.75) is 44.9 Å². The van der Waals surface area contributed by atoms with E-state index in [0.717, 1.165) is 12.8 Å². The molecular formula is C11H20N6O2. The number of nitrogens with zero attached hydrogens (tertiary/aromatic N) is 5. The summed E-state index contributed by atoms with van der Waals surface area (Å²) in [6, 6.07) is 0.175. The quantitative estimate of drug-likeness (QED) is 0.806. The Kier molecular flexibility index (Phi) is 3.70. The molecule has 19 heavy (non-hydrogen) atoms. The molecule has 1 aliphatic rings. The lowest BCUT2D eigenvalue weighted by Crippen LogP contribution is -2.47. The number of carbonyl (C=O) groups is 1. The van der Waals surface area contributed by atoms with Gasteiger partial charge in [-0.15, -0.1) is 0 Å². The van der Waals surface area contributed by atoms with E-state index in [1.54, 1.807) is 11.9 Å². The molecule has 1 amide bonds. The zero-order valence-electron chi connectivity index (χ0n) is 11.5. The zero-order valence-corrected chi connectivity index (χ0v) is 11.5. The Hall–Kier alpha value is -1.70. The van der Waals surface area contributed by atoms with Gasteiger partial charge in [0.1, 0.15) is 6.54 Å². The van der Waals surface area contributed by atoms with Crippen LogP contribution in [-0.4, -0.2) is 56.3 Å². The predicted molar refractivity (Wildman–Crippen MR) is 68.1 cm³/mol. The molecule has 106 valence electrons. The van der Waals surface area contributed by atoms with Gasteiger partial charge < -0.3 is 15.4 Å². The molecule has 2 rings (SSSR count). The molecule has 1 saturated heterocycles. The first-order valence-electron chi connectivity index (χ1n) is 6.30. The van der Waals surface area contributed by atoms with Crippen LogP contribution in [0.1, 0.15) is 26.7 Å². The third-order valence-electron chi connectivity index (χ3n) is 3.46. The largest absolute Gasteiger partial charge is 0.375 e. The number of ether oxygens (including phenoxy) is 1. The molecule has 2 N–H and O–H groups in total. The van der Waals surface area contributed by atoms with Crippen molar-refractivity contribution in [3.8, 4) is 0 Å². The van der Waals surface area contributed by atoms with Crippen LogP contribution in [-0.2, 0) is 16.1 Å². The minimum absolute atomic E-state index is 0.0540. The number of amides is 1. The molecule has 0 aliphatic carbocycles. The van der Waals surface area contributed by atoms with Gasteiger partial charge >= 0.3 is 0 Å². The van der Waals surface area contributed by atoms with Crippen LogP contribution in [0, 0.1) is 0 Å². The number of anilines is 1. The molecule has 2 heterocycles. The molecule has 0 saturated carbocycles. The van der Waals surface area contributed by atoms with Gasteiger partial charge in [0.15, 0.2) is 0 Å². The van der Waals surface area contributed by atoms with Crippen LogP contribution < -0.4 is 5.73 Å². The number of likely N-dealkylation sites (N-methyl/N-ethyl adjacent to an activating group) is 1. The number of carbonyl (C=O) groups excluding carboxylic acids is 1. The number of hydrogen-bond acceptors (Lipinski definition) is 6. The predicted octanol–water partition coefficient (Wildman–Crippen LogP) is -0.329. The molecule has 8 nitrogen and oxygen atoms in total. The number of nitrogen functional groups attached to an aromatic ring is 1. The number of hydrogen-bond donors (Lipinski definition) is 1. The Labute approximate surface area is 111 Å². The highest BCUT2D eigenvalue weighted by atomic mass is 16.5. The average Bonchev–Trinajstić information content (AvgIpc) is 2.73. The van der Waals surface area contributed by atoms with Crippen molar-refractivity contribution in [3.05, 3.63) is 0 Å². The number of aromatic nitrogens is 4. The van der Waals surface area contributed by atoms with Crippen LogP contribution in [0.25, 0.3) is 0 Å². The lowest BCUT2D eigenvalue weighted by molar-refractivity contribution is -0.138. The van der Waals surface area contributed by atoms with Crippen LogP contribution in [0.5, 0.6) is 0 Å². The van der Waals surface area contributed by atoms with Gasteiger partial charge in [-0.25, -0.2) is 4.68 Å². The molecule has 8 heteroatoms. The SMILES string of the molecule is CN(C(=O)Cn1nnnc1N)C1CCOC(C)(C)C1. The maximum Gasteiger partial charge on any atom is 0.244 e. The molecule has 1 aromatic rings. The minimum atomic E-state index is -0.189. The van der Waals surface area contributed by atoms with Gasteiger partial charge in [0, 0.05) is 19.7 Å². The average molecular weight is 268 g/mol. The highest BCUT2D eigenvalue weighted by Crippen LogP contribution is 2.26. The lowest BCUT2D eigenvalue weighted by Gasteiger charge is -2.39. The standard InChI is InChI=1S/C11H20N6O2/c1-11(2)6-8(4-5-19-11)16(3)9(18)7-17-10(12)13-14-15-17/h8H,4-7H2,1-3H3,(H2,12,13,15). The molecule has 0 radical (unpaired) electrons. The first-order valence-corrected chi connectivity index (χ1v) is 6.30. The second kappa shape index (κ2) is 5.12. The van der Waals surface area contributed by atoms with Gasteiger partial charge in [-0.05, 0) is 37.1 Å². The van der Waals surface area contributed by atoms with Gasteiger partial charge in [-0.2, -0.15) is 0 Å². The van der Waals surface area contributed by atoms with Crippen LogP contribution in [0.15, 0.2) is 0 Å². The summed E-state index contributed by atoms with van der Waals surface area (Å²) in [5.41, 5.74) is 5.36. The van der Waals surface area contributed by atoms with Gasteiger partial charge in [0.25, 0.3) is 0 Å². The van der Waals surface area contributed by atoms with Gasteiger partial charge in [-0.1, -0.05) is 5.10 Å². The number of rotatable bonds is 3. The van der Waals surface area contributed by atoms with Crippen LogP contribution >= 0.6 is 0 Å². The van der Waals surface area contributed by atoms with Crippen molar-refractivity contribution < 1.29 is 9.53 Å². The second-order valence-corrected chi connectivity index (χ2v) is 5.45. The van der Waals surface area contributed by atoms with Gasteiger partial charge in [-0.3, -0.25) is 4.79 Å². The van der Waals surface area contributed by atoms with Crippen molar-refractivity contribution in [2.24, 2.45) is 0 Å². The minimum Gasteiger partial charge on any atom is -0.375 e. The van der Waals surface area contributed by atoms with E-state index in [4.69, 9.17) is 10.5 Å². The Morgan fingerprint density at radius 1 is 1.63 bits per heavy atom. The Bertz CT molecular complexity index is 458. The summed E-state index contributed by atoms with van der Waals surface area (Å²) in [5, 5.41) is 10.6. The topological polar surface area (TPSA) is 99.2 Å². The van der Waals surface area contributed by atoms with Crippen LogP contribution in [0.4, 0.5) is 5.95 Å². The monoisotopic (exact) mass is 268 g/mol. The molecular weight excluding hydrogens is 248 g/mol. The third kappa shape index (κ3) is 3.19. The van der Waals surface area contributed by atoms with E-state index >= 15 is 0 Å². The maximum atomic E-state index is 12.2. The fourth-order valence-corrected chi connectivity index (χ4v) is 2.30. The molecule has 1 aromatic heterocycles. The zero-order chi connectivity index (χ0) is 14.0. The smallest absolute Gasteiger partial charge is 0.244 e. The molecule has 0 aromatic carbocycles. The normalized spacial score (nSPS) is 22.2. The summed E-state index contributed by atoms with van der Waals surface area (Å²) < 4.78 is 6.95. The van der Waals surface area contributed by atoms with Crippen molar-refractivity contribution in [1.29, 1.82) is 0 Å².